The first-order valence-corrected chi connectivity index (χ1v) is 6.93. The van der Waals surface area contributed by atoms with Gasteiger partial charge in [-0.05, 0) is 39.7 Å². The number of imidazole rings is 1. The number of ether oxygens (including phenoxy) is 1. The summed E-state index contributed by atoms with van der Waals surface area (Å²) in [4.78, 5) is 4.38. The number of nitrogens with zero attached hydrogens (tertiary/aromatic N) is 2. The lowest BCUT2D eigenvalue weighted by atomic mass is 9.85. The van der Waals surface area contributed by atoms with Crippen molar-refractivity contribution < 1.29 is 4.74 Å². The molecule has 1 aromatic rings. The molecule has 0 bridgehead atoms. The Morgan fingerprint density at radius 3 is 2.94 bits per heavy atom. The zero-order chi connectivity index (χ0) is 13.0. The summed E-state index contributed by atoms with van der Waals surface area (Å²) < 4.78 is 8.12. The molecule has 1 aliphatic rings. The van der Waals surface area contributed by atoms with Crippen LogP contribution in [0.15, 0.2) is 12.4 Å². The Labute approximate surface area is 110 Å². The van der Waals surface area contributed by atoms with Gasteiger partial charge in [0.15, 0.2) is 0 Å². The Hall–Kier alpha value is -0.870. The molecule has 1 fully saturated rings. The van der Waals surface area contributed by atoms with Gasteiger partial charge in [-0.3, -0.25) is 0 Å². The van der Waals surface area contributed by atoms with Crippen LogP contribution in [-0.2, 0) is 18.2 Å². The number of rotatable bonds is 5. The van der Waals surface area contributed by atoms with Gasteiger partial charge in [-0.15, -0.1) is 0 Å². The maximum absolute atomic E-state index is 6.03. The fraction of sp³-hybridized carbons (Fsp3) is 0.786. The molecule has 18 heavy (non-hydrogen) atoms. The molecule has 2 rings (SSSR count). The van der Waals surface area contributed by atoms with Gasteiger partial charge in [0.05, 0.1) is 5.60 Å². The van der Waals surface area contributed by atoms with E-state index < -0.39 is 0 Å². The zero-order valence-electron chi connectivity index (χ0n) is 11.8. The molecule has 0 radical (unpaired) electrons. The van der Waals surface area contributed by atoms with E-state index in [-0.39, 0.29) is 5.60 Å². The second-order valence-corrected chi connectivity index (χ2v) is 5.45. The van der Waals surface area contributed by atoms with Crippen molar-refractivity contribution in [1.29, 1.82) is 0 Å². The number of nitrogens with one attached hydrogen (secondary N) is 1. The van der Waals surface area contributed by atoms with Crippen LogP contribution in [0.2, 0.25) is 0 Å². The first-order chi connectivity index (χ1) is 8.65. The molecule has 2 heterocycles. The Kier molecular flexibility index (Phi) is 4.40. The topological polar surface area (TPSA) is 39.1 Å². The molecule has 0 aliphatic carbocycles. The predicted molar refractivity (Wildman–Crippen MR) is 72.6 cm³/mol. The quantitative estimate of drug-likeness (QED) is 0.868. The van der Waals surface area contributed by atoms with E-state index in [1.165, 1.54) is 12.8 Å². The van der Waals surface area contributed by atoms with Crippen LogP contribution in [0.3, 0.4) is 0 Å². The Bertz CT molecular complexity index is 369. The summed E-state index contributed by atoms with van der Waals surface area (Å²) in [6, 6.07) is 0.398. The molecule has 0 aromatic carbocycles. The molecule has 1 aliphatic heterocycles. The van der Waals surface area contributed by atoms with Gasteiger partial charge in [0.1, 0.15) is 5.82 Å². The summed E-state index contributed by atoms with van der Waals surface area (Å²) in [5, 5.41) is 3.43. The van der Waals surface area contributed by atoms with E-state index in [9.17, 15) is 0 Å². The monoisotopic (exact) mass is 251 g/mol. The van der Waals surface area contributed by atoms with Crippen LogP contribution < -0.4 is 5.32 Å². The molecule has 4 nitrogen and oxygen atoms in total. The lowest BCUT2D eigenvalue weighted by molar-refractivity contribution is -0.0887. The molecular formula is C14H25N3O. The highest BCUT2D eigenvalue weighted by atomic mass is 16.5. The molecule has 2 atom stereocenters. The standard InChI is InChI=1S/C14H25N3O/c1-14(8-4-5-11-18-14)12(15-2)6-7-13-16-9-10-17(13)3/h9-10,12,15H,4-8,11H2,1-3H3. The minimum Gasteiger partial charge on any atom is -0.374 e. The van der Waals surface area contributed by atoms with Gasteiger partial charge in [-0.1, -0.05) is 0 Å². The first-order valence-electron chi connectivity index (χ1n) is 6.93. The number of hydrogen-bond donors (Lipinski definition) is 1. The van der Waals surface area contributed by atoms with Gasteiger partial charge in [0.2, 0.25) is 0 Å². The number of likely N-dealkylation sites (N-methyl/N-ethyl adjacent to an activating group) is 1. The first kappa shape index (κ1) is 13.6. The van der Waals surface area contributed by atoms with Crippen LogP contribution in [0, 0.1) is 0 Å². The van der Waals surface area contributed by atoms with Crippen molar-refractivity contribution >= 4 is 0 Å². The van der Waals surface area contributed by atoms with E-state index in [0.29, 0.717) is 6.04 Å². The molecule has 0 spiro atoms. The van der Waals surface area contributed by atoms with E-state index in [1.807, 2.05) is 19.4 Å². The molecule has 1 aromatic heterocycles. The fourth-order valence-electron chi connectivity index (χ4n) is 2.90. The molecule has 1 N–H and O–H groups in total. The van der Waals surface area contributed by atoms with Gasteiger partial charge in [0.25, 0.3) is 0 Å². The summed E-state index contributed by atoms with van der Waals surface area (Å²) in [6.07, 6.45) is 9.55. The SMILES string of the molecule is CNC(CCc1nccn1C)C1(C)CCCCO1. The molecule has 0 amide bonds. The van der Waals surface area contributed by atoms with E-state index in [4.69, 9.17) is 4.74 Å². The minimum atomic E-state index is -0.0157. The highest BCUT2D eigenvalue weighted by Gasteiger charge is 2.35. The molecule has 0 saturated carbocycles. The van der Waals surface area contributed by atoms with Crippen molar-refractivity contribution in [2.45, 2.75) is 50.7 Å². The van der Waals surface area contributed by atoms with Crippen LogP contribution in [0.25, 0.3) is 0 Å². The highest BCUT2D eigenvalue weighted by Crippen LogP contribution is 2.29. The van der Waals surface area contributed by atoms with Gasteiger partial charge < -0.3 is 14.6 Å². The average molecular weight is 251 g/mol. The van der Waals surface area contributed by atoms with E-state index in [0.717, 1.165) is 31.7 Å². The van der Waals surface area contributed by atoms with Crippen LogP contribution in [0.1, 0.15) is 38.4 Å². The van der Waals surface area contributed by atoms with Crippen molar-refractivity contribution in [3.63, 3.8) is 0 Å². The Morgan fingerprint density at radius 1 is 1.56 bits per heavy atom. The third-order valence-corrected chi connectivity index (χ3v) is 4.16. The van der Waals surface area contributed by atoms with Crippen molar-refractivity contribution in [3.8, 4) is 0 Å². The smallest absolute Gasteiger partial charge is 0.108 e. The summed E-state index contributed by atoms with van der Waals surface area (Å²) in [5.74, 6) is 1.15. The molecule has 102 valence electrons. The van der Waals surface area contributed by atoms with Crippen molar-refractivity contribution in [2.24, 2.45) is 7.05 Å². The fourth-order valence-corrected chi connectivity index (χ4v) is 2.90. The van der Waals surface area contributed by atoms with Gasteiger partial charge in [-0.25, -0.2) is 4.98 Å². The van der Waals surface area contributed by atoms with Crippen LogP contribution in [-0.4, -0.2) is 34.8 Å². The third-order valence-electron chi connectivity index (χ3n) is 4.16. The van der Waals surface area contributed by atoms with E-state index in [1.54, 1.807) is 0 Å². The van der Waals surface area contributed by atoms with Crippen LogP contribution >= 0.6 is 0 Å². The lowest BCUT2D eigenvalue weighted by Gasteiger charge is -2.40. The van der Waals surface area contributed by atoms with Crippen LogP contribution in [0.4, 0.5) is 0 Å². The molecule has 2 unspecified atom stereocenters. The summed E-state index contributed by atoms with van der Waals surface area (Å²) in [6.45, 7) is 3.14. The summed E-state index contributed by atoms with van der Waals surface area (Å²) in [5.41, 5.74) is -0.0157. The Balaban J connectivity index is 1.94. The predicted octanol–water partition coefficient (Wildman–Crippen LogP) is 1.90. The van der Waals surface area contributed by atoms with E-state index >= 15 is 0 Å². The normalized spacial score (nSPS) is 26.2. The Morgan fingerprint density at radius 2 is 2.39 bits per heavy atom. The summed E-state index contributed by atoms with van der Waals surface area (Å²) >= 11 is 0. The van der Waals surface area contributed by atoms with Crippen LogP contribution in [0.5, 0.6) is 0 Å². The molecular weight excluding hydrogens is 226 g/mol. The second kappa shape index (κ2) is 5.85. The molecule has 1 saturated heterocycles. The van der Waals surface area contributed by atoms with Gasteiger partial charge in [-0.2, -0.15) is 0 Å². The number of hydrogen-bond acceptors (Lipinski definition) is 3. The lowest BCUT2D eigenvalue weighted by Crippen LogP contribution is -2.51. The number of aryl methyl sites for hydroxylation is 2. The average Bonchev–Trinajstić information content (AvgIpc) is 2.76. The number of aromatic nitrogens is 2. The van der Waals surface area contributed by atoms with E-state index in [2.05, 4.69) is 28.8 Å². The maximum atomic E-state index is 6.03. The van der Waals surface area contributed by atoms with Gasteiger partial charge in [0, 0.05) is 38.5 Å². The largest absolute Gasteiger partial charge is 0.374 e. The maximum Gasteiger partial charge on any atom is 0.108 e. The zero-order valence-corrected chi connectivity index (χ0v) is 11.8. The summed E-state index contributed by atoms with van der Waals surface area (Å²) in [7, 11) is 4.09. The minimum absolute atomic E-state index is 0.0157. The third kappa shape index (κ3) is 2.93. The highest BCUT2D eigenvalue weighted by molar-refractivity contribution is 4.96. The van der Waals surface area contributed by atoms with Crippen molar-refractivity contribution in [2.75, 3.05) is 13.7 Å². The van der Waals surface area contributed by atoms with Crippen molar-refractivity contribution in [3.05, 3.63) is 18.2 Å². The molecule has 4 heteroatoms. The van der Waals surface area contributed by atoms with Gasteiger partial charge >= 0.3 is 0 Å². The van der Waals surface area contributed by atoms with Crippen molar-refractivity contribution in [1.82, 2.24) is 14.9 Å². The second-order valence-electron chi connectivity index (χ2n) is 5.45.